The second-order valence-corrected chi connectivity index (χ2v) is 4.86. The van der Waals surface area contributed by atoms with Crippen molar-refractivity contribution in [3.05, 3.63) is 53.6 Å². The largest absolute Gasteiger partial charge is 0.508 e. The number of rotatable bonds is 2. The van der Waals surface area contributed by atoms with E-state index in [4.69, 9.17) is 9.47 Å². The van der Waals surface area contributed by atoms with Gasteiger partial charge in [0.15, 0.2) is 0 Å². The molecule has 0 bridgehead atoms. The number of aromatic hydroxyl groups is 1. The van der Waals surface area contributed by atoms with Crippen molar-refractivity contribution < 1.29 is 19.7 Å². The Labute approximate surface area is 117 Å². The highest BCUT2D eigenvalue weighted by atomic mass is 16.5. The lowest BCUT2D eigenvalue weighted by atomic mass is 9.95. The third-order valence-electron chi connectivity index (χ3n) is 3.53. The molecule has 0 radical (unpaired) electrons. The molecular weight excluding hydrogens is 256 g/mol. The SMILES string of the molecule is COc1ccc2c(c1)OC(c1cccc(O)c1)CC2O. The lowest BCUT2D eigenvalue weighted by Crippen LogP contribution is -2.19. The van der Waals surface area contributed by atoms with E-state index in [9.17, 15) is 10.2 Å². The van der Waals surface area contributed by atoms with Gasteiger partial charge in [0.2, 0.25) is 0 Å². The van der Waals surface area contributed by atoms with Gasteiger partial charge in [-0.15, -0.1) is 0 Å². The number of benzene rings is 2. The molecular formula is C16H16O4. The maximum atomic E-state index is 10.2. The summed E-state index contributed by atoms with van der Waals surface area (Å²) in [7, 11) is 1.59. The molecule has 0 aliphatic carbocycles. The molecule has 1 heterocycles. The van der Waals surface area contributed by atoms with Crippen molar-refractivity contribution in [1.82, 2.24) is 0 Å². The predicted molar refractivity (Wildman–Crippen MR) is 74.0 cm³/mol. The van der Waals surface area contributed by atoms with Crippen LogP contribution in [0.3, 0.4) is 0 Å². The number of methoxy groups -OCH3 is 1. The van der Waals surface area contributed by atoms with Crippen LogP contribution in [0, 0.1) is 0 Å². The van der Waals surface area contributed by atoms with Crippen molar-refractivity contribution in [2.45, 2.75) is 18.6 Å². The molecule has 0 saturated carbocycles. The summed E-state index contributed by atoms with van der Waals surface area (Å²) in [5.74, 6) is 1.50. The molecule has 0 fully saturated rings. The Hall–Kier alpha value is -2.20. The number of hydrogen-bond acceptors (Lipinski definition) is 4. The first-order chi connectivity index (χ1) is 9.67. The third kappa shape index (κ3) is 2.30. The van der Waals surface area contributed by atoms with Gasteiger partial charge in [0.25, 0.3) is 0 Å². The lowest BCUT2D eigenvalue weighted by Gasteiger charge is -2.30. The average molecular weight is 272 g/mol. The topological polar surface area (TPSA) is 58.9 Å². The van der Waals surface area contributed by atoms with Gasteiger partial charge in [0.1, 0.15) is 23.4 Å². The summed E-state index contributed by atoms with van der Waals surface area (Å²) < 4.78 is 11.1. The Morgan fingerprint density at radius 1 is 1.20 bits per heavy atom. The highest BCUT2D eigenvalue weighted by Crippen LogP contribution is 2.42. The summed E-state index contributed by atoms with van der Waals surface area (Å²) >= 11 is 0. The molecule has 0 aromatic heterocycles. The fraction of sp³-hybridized carbons (Fsp3) is 0.250. The van der Waals surface area contributed by atoms with Crippen molar-refractivity contribution in [3.63, 3.8) is 0 Å². The van der Waals surface area contributed by atoms with Gasteiger partial charge in [-0.05, 0) is 29.8 Å². The number of phenols is 1. The molecule has 2 N–H and O–H groups in total. The standard InChI is InChI=1S/C16H16O4/c1-19-12-5-6-13-14(18)9-15(20-16(13)8-12)10-3-2-4-11(17)7-10/h2-8,14-15,17-18H,9H2,1H3. The van der Waals surface area contributed by atoms with Crippen LogP contribution in [0.2, 0.25) is 0 Å². The maximum Gasteiger partial charge on any atom is 0.129 e. The minimum Gasteiger partial charge on any atom is -0.508 e. The Kier molecular flexibility index (Phi) is 3.24. The first kappa shape index (κ1) is 12.8. The van der Waals surface area contributed by atoms with Crippen molar-refractivity contribution in [2.24, 2.45) is 0 Å². The Morgan fingerprint density at radius 3 is 2.80 bits per heavy atom. The molecule has 2 aromatic rings. The van der Waals surface area contributed by atoms with E-state index in [1.54, 1.807) is 37.4 Å². The lowest BCUT2D eigenvalue weighted by molar-refractivity contribution is 0.0654. The van der Waals surface area contributed by atoms with Gasteiger partial charge < -0.3 is 19.7 Å². The highest BCUT2D eigenvalue weighted by molar-refractivity contribution is 5.44. The second-order valence-electron chi connectivity index (χ2n) is 4.86. The van der Waals surface area contributed by atoms with E-state index in [0.717, 1.165) is 11.1 Å². The van der Waals surface area contributed by atoms with Gasteiger partial charge in [-0.2, -0.15) is 0 Å². The van der Waals surface area contributed by atoms with E-state index in [1.807, 2.05) is 12.1 Å². The average Bonchev–Trinajstić information content (AvgIpc) is 2.46. The van der Waals surface area contributed by atoms with E-state index in [0.29, 0.717) is 17.9 Å². The molecule has 1 aliphatic rings. The quantitative estimate of drug-likeness (QED) is 0.882. The molecule has 20 heavy (non-hydrogen) atoms. The summed E-state index contributed by atoms with van der Waals surface area (Å²) in [4.78, 5) is 0. The van der Waals surface area contributed by atoms with Crippen molar-refractivity contribution in [3.8, 4) is 17.2 Å². The number of aliphatic hydroxyl groups excluding tert-OH is 1. The van der Waals surface area contributed by atoms with Crippen LogP contribution in [-0.2, 0) is 0 Å². The highest BCUT2D eigenvalue weighted by Gasteiger charge is 2.28. The monoisotopic (exact) mass is 272 g/mol. The fourth-order valence-corrected chi connectivity index (χ4v) is 2.48. The van der Waals surface area contributed by atoms with Crippen LogP contribution in [-0.4, -0.2) is 17.3 Å². The molecule has 0 spiro atoms. The molecule has 0 saturated heterocycles. The van der Waals surface area contributed by atoms with Crippen molar-refractivity contribution >= 4 is 0 Å². The first-order valence-corrected chi connectivity index (χ1v) is 6.49. The van der Waals surface area contributed by atoms with Crippen LogP contribution in [0.5, 0.6) is 17.2 Å². The number of hydrogen-bond donors (Lipinski definition) is 2. The fourth-order valence-electron chi connectivity index (χ4n) is 2.48. The Balaban J connectivity index is 1.95. The van der Waals surface area contributed by atoms with Crippen LogP contribution in [0.15, 0.2) is 42.5 Å². The van der Waals surface area contributed by atoms with E-state index in [2.05, 4.69) is 0 Å². The second kappa shape index (κ2) is 5.06. The van der Waals surface area contributed by atoms with E-state index < -0.39 is 6.10 Å². The zero-order valence-electron chi connectivity index (χ0n) is 11.1. The summed E-state index contributed by atoms with van der Waals surface area (Å²) in [6, 6.07) is 12.3. The molecule has 2 unspecified atom stereocenters. The van der Waals surface area contributed by atoms with Crippen LogP contribution >= 0.6 is 0 Å². The Bertz CT molecular complexity index is 624. The molecule has 3 rings (SSSR count). The van der Waals surface area contributed by atoms with Crippen LogP contribution in [0.25, 0.3) is 0 Å². The number of fused-ring (bicyclic) bond motifs is 1. The van der Waals surface area contributed by atoms with Crippen molar-refractivity contribution in [2.75, 3.05) is 7.11 Å². The van der Waals surface area contributed by atoms with Gasteiger partial charge in [-0.25, -0.2) is 0 Å². The zero-order chi connectivity index (χ0) is 14.1. The van der Waals surface area contributed by atoms with Gasteiger partial charge in [-0.1, -0.05) is 12.1 Å². The van der Waals surface area contributed by atoms with Gasteiger partial charge >= 0.3 is 0 Å². The summed E-state index contributed by atoms with van der Waals surface area (Å²) in [5, 5.41) is 19.8. The molecule has 104 valence electrons. The maximum absolute atomic E-state index is 10.2. The predicted octanol–water partition coefficient (Wildman–Crippen LogP) is 2.96. The van der Waals surface area contributed by atoms with E-state index >= 15 is 0 Å². The summed E-state index contributed by atoms with van der Waals surface area (Å²) in [5.41, 5.74) is 1.61. The van der Waals surface area contributed by atoms with E-state index in [1.165, 1.54) is 0 Å². The Morgan fingerprint density at radius 2 is 2.05 bits per heavy atom. The first-order valence-electron chi connectivity index (χ1n) is 6.49. The minimum atomic E-state index is -0.586. The third-order valence-corrected chi connectivity index (χ3v) is 3.53. The normalized spacial score (nSPS) is 20.9. The number of aliphatic hydroxyl groups is 1. The molecule has 2 atom stereocenters. The number of phenolic OH excluding ortho intramolecular Hbond substituents is 1. The van der Waals surface area contributed by atoms with Gasteiger partial charge in [0.05, 0.1) is 13.2 Å². The minimum absolute atomic E-state index is 0.192. The smallest absolute Gasteiger partial charge is 0.129 e. The molecule has 4 heteroatoms. The summed E-state index contributed by atoms with van der Waals surface area (Å²) in [6.45, 7) is 0. The molecule has 2 aromatic carbocycles. The zero-order valence-corrected chi connectivity index (χ0v) is 11.1. The van der Waals surface area contributed by atoms with E-state index in [-0.39, 0.29) is 11.9 Å². The number of ether oxygens (including phenoxy) is 2. The van der Waals surface area contributed by atoms with Gasteiger partial charge in [0, 0.05) is 18.1 Å². The molecule has 4 nitrogen and oxygen atoms in total. The van der Waals surface area contributed by atoms with Crippen LogP contribution < -0.4 is 9.47 Å². The molecule has 1 aliphatic heterocycles. The van der Waals surface area contributed by atoms with Crippen LogP contribution in [0.4, 0.5) is 0 Å². The van der Waals surface area contributed by atoms with Crippen molar-refractivity contribution in [1.29, 1.82) is 0 Å². The summed E-state index contributed by atoms with van der Waals surface area (Å²) in [6.07, 6.45) is -0.406. The van der Waals surface area contributed by atoms with Gasteiger partial charge in [-0.3, -0.25) is 0 Å². The molecule has 0 amide bonds. The van der Waals surface area contributed by atoms with Crippen LogP contribution in [0.1, 0.15) is 29.8 Å².